The van der Waals surface area contributed by atoms with Crippen molar-refractivity contribution in [2.45, 2.75) is 72.7 Å². The molecule has 0 saturated carbocycles. The molecule has 3 aromatic rings. The molecule has 0 radical (unpaired) electrons. The molecule has 4 rings (SSSR count). The van der Waals surface area contributed by atoms with Gasteiger partial charge in [0.25, 0.3) is 5.56 Å². The quantitative estimate of drug-likeness (QED) is 0.372. The number of fused-ring (bicyclic) bond motifs is 1. The van der Waals surface area contributed by atoms with Crippen molar-refractivity contribution in [1.29, 1.82) is 0 Å². The molecule has 3 heterocycles. The van der Waals surface area contributed by atoms with Crippen LogP contribution in [0.25, 0.3) is 22.4 Å². The second-order valence-electron chi connectivity index (χ2n) is 11.7. The van der Waals surface area contributed by atoms with Crippen molar-refractivity contribution in [3.63, 3.8) is 0 Å². The predicted molar refractivity (Wildman–Crippen MR) is 152 cm³/mol. The third-order valence-corrected chi connectivity index (χ3v) is 7.27. The number of hydrogen-bond donors (Lipinski definition) is 2. The van der Waals surface area contributed by atoms with Gasteiger partial charge in [-0.15, -0.1) is 0 Å². The number of H-pyrrole nitrogens is 1. The first kappa shape index (κ1) is 29.0. The number of carbonyl (C=O) groups is 1. The summed E-state index contributed by atoms with van der Waals surface area (Å²) in [6, 6.07) is 7.67. The van der Waals surface area contributed by atoms with Crippen molar-refractivity contribution in [3.05, 3.63) is 51.9 Å². The number of pyridine rings is 1. The highest BCUT2D eigenvalue weighted by Crippen LogP contribution is 2.29. The molecular weight excluding hydrogens is 496 g/mol. The Bertz CT molecular complexity index is 1330. The van der Waals surface area contributed by atoms with Crippen LogP contribution in [0.1, 0.15) is 51.7 Å². The summed E-state index contributed by atoms with van der Waals surface area (Å²) >= 11 is 0. The predicted octanol–water partition coefficient (Wildman–Crippen LogP) is 4.21. The number of carbonyl (C=O) groups excluding carboxylic acids is 1. The third-order valence-electron chi connectivity index (χ3n) is 7.27. The molecule has 212 valence electrons. The molecule has 1 aliphatic heterocycles. The van der Waals surface area contributed by atoms with Crippen molar-refractivity contribution in [2.24, 2.45) is 11.3 Å². The lowest BCUT2D eigenvalue weighted by Gasteiger charge is -2.30. The second-order valence-corrected chi connectivity index (χ2v) is 11.7. The molecule has 0 spiro atoms. The Morgan fingerprint density at radius 3 is 2.67 bits per heavy atom. The molecule has 1 saturated heterocycles. The summed E-state index contributed by atoms with van der Waals surface area (Å²) in [5.41, 5.74) is 4.05. The number of esters is 1. The highest BCUT2D eigenvalue weighted by molar-refractivity contribution is 5.81. The summed E-state index contributed by atoms with van der Waals surface area (Å²) in [5, 5.41) is 3.42. The van der Waals surface area contributed by atoms with Gasteiger partial charge in [0.1, 0.15) is 18.0 Å². The lowest BCUT2D eigenvalue weighted by molar-refractivity contribution is -0.156. The Hall–Kier alpha value is -3.01. The zero-order chi connectivity index (χ0) is 28.2. The monoisotopic (exact) mass is 538 g/mol. The second kappa shape index (κ2) is 12.4. The van der Waals surface area contributed by atoms with Crippen LogP contribution < -0.4 is 10.9 Å². The number of rotatable bonds is 10. The summed E-state index contributed by atoms with van der Waals surface area (Å²) in [6.07, 6.45) is 3.45. The Balaban J connectivity index is 1.62. The molecule has 9 heteroatoms. The molecule has 1 aliphatic rings. The molecule has 0 amide bonds. The van der Waals surface area contributed by atoms with Gasteiger partial charge < -0.3 is 23.8 Å². The van der Waals surface area contributed by atoms with E-state index >= 15 is 0 Å². The van der Waals surface area contributed by atoms with Gasteiger partial charge in [0.2, 0.25) is 0 Å². The molecule has 9 nitrogen and oxygen atoms in total. The highest BCUT2D eigenvalue weighted by Gasteiger charge is 2.33. The zero-order valence-corrected chi connectivity index (χ0v) is 24.0. The van der Waals surface area contributed by atoms with E-state index in [0.717, 1.165) is 60.6 Å². The van der Waals surface area contributed by atoms with Gasteiger partial charge in [-0.1, -0.05) is 26.8 Å². The van der Waals surface area contributed by atoms with Crippen molar-refractivity contribution in [1.82, 2.24) is 19.9 Å². The van der Waals surface area contributed by atoms with Crippen LogP contribution in [0, 0.1) is 18.3 Å². The molecule has 2 atom stereocenters. The van der Waals surface area contributed by atoms with Crippen molar-refractivity contribution < 1.29 is 19.0 Å². The SMILES string of the molecule is COC[C@H](C)OC(=O)C(NCc1ccc2c(c1)nc(-c1c[nH]c(=O)c(C)c1)n2CC1CCOCC1)C(C)(C)C. The number of ether oxygens (including phenoxy) is 3. The first-order valence-corrected chi connectivity index (χ1v) is 13.8. The fraction of sp³-hybridized carbons (Fsp3) is 0.567. The van der Waals surface area contributed by atoms with E-state index in [1.54, 1.807) is 13.3 Å². The maximum Gasteiger partial charge on any atom is 0.324 e. The van der Waals surface area contributed by atoms with Crippen molar-refractivity contribution in [3.8, 4) is 11.4 Å². The van der Waals surface area contributed by atoms with Crippen molar-refractivity contribution in [2.75, 3.05) is 26.9 Å². The maximum atomic E-state index is 13.0. The standard InChI is InChI=1S/C30H42N4O5/c1-19-13-23(16-32-28(19)35)27-33-24-14-22(7-8-25(24)34(27)17-21-9-11-38-12-10-21)15-31-26(30(3,4)5)29(36)39-20(2)18-37-6/h7-8,13-14,16,20-21,26,31H,9-12,15,17-18H2,1-6H3,(H,32,35)/t20-,26?/m0/s1. The maximum absolute atomic E-state index is 13.0. The van der Waals surface area contributed by atoms with Gasteiger partial charge in [0.05, 0.1) is 17.6 Å². The van der Waals surface area contributed by atoms with E-state index in [1.807, 2.05) is 40.7 Å². The van der Waals surface area contributed by atoms with Gasteiger partial charge >= 0.3 is 5.97 Å². The fourth-order valence-electron chi connectivity index (χ4n) is 5.10. The van der Waals surface area contributed by atoms with Gasteiger partial charge in [0.15, 0.2) is 0 Å². The van der Waals surface area contributed by atoms with Crippen LogP contribution in [0.2, 0.25) is 0 Å². The Kier molecular flexibility index (Phi) is 9.25. The van der Waals surface area contributed by atoms with Crippen LogP contribution in [0.4, 0.5) is 0 Å². The normalized spacial score (nSPS) is 16.4. The number of imidazole rings is 1. The minimum Gasteiger partial charge on any atom is -0.459 e. The van der Waals surface area contributed by atoms with Crippen molar-refractivity contribution >= 4 is 17.0 Å². The number of hydrogen-bond acceptors (Lipinski definition) is 7. The summed E-state index contributed by atoms with van der Waals surface area (Å²) in [5.74, 6) is 1.05. The number of nitrogens with one attached hydrogen (secondary N) is 2. The van der Waals surface area contributed by atoms with E-state index in [2.05, 4.69) is 33.1 Å². The number of aromatic nitrogens is 3. The van der Waals surface area contributed by atoms with Crippen LogP contribution in [0.5, 0.6) is 0 Å². The third kappa shape index (κ3) is 7.15. The van der Waals surface area contributed by atoms with Gasteiger partial charge in [-0.05, 0) is 61.8 Å². The zero-order valence-electron chi connectivity index (χ0n) is 24.0. The smallest absolute Gasteiger partial charge is 0.324 e. The summed E-state index contributed by atoms with van der Waals surface area (Å²) in [7, 11) is 1.59. The Morgan fingerprint density at radius 1 is 1.26 bits per heavy atom. The minimum atomic E-state index is -0.488. The number of benzene rings is 1. The summed E-state index contributed by atoms with van der Waals surface area (Å²) in [6.45, 7) is 12.9. The molecule has 39 heavy (non-hydrogen) atoms. The van der Waals surface area contributed by atoms with E-state index in [9.17, 15) is 9.59 Å². The van der Waals surface area contributed by atoms with Gasteiger partial charge in [-0.25, -0.2) is 4.98 Å². The van der Waals surface area contributed by atoms with Crippen LogP contribution in [0.15, 0.2) is 35.3 Å². The molecular formula is C30H42N4O5. The lowest BCUT2D eigenvalue weighted by Crippen LogP contribution is -2.48. The number of methoxy groups -OCH3 is 1. The number of nitrogens with zero attached hydrogens (tertiary/aromatic N) is 2. The number of aryl methyl sites for hydroxylation is 1. The lowest BCUT2D eigenvalue weighted by atomic mass is 9.86. The van der Waals surface area contributed by atoms with Crippen LogP contribution in [-0.2, 0) is 32.1 Å². The van der Waals surface area contributed by atoms with Crippen LogP contribution >= 0.6 is 0 Å². The molecule has 2 aromatic heterocycles. The first-order valence-electron chi connectivity index (χ1n) is 13.8. The molecule has 1 aromatic carbocycles. The van der Waals surface area contributed by atoms with Gasteiger partial charge in [-0.3, -0.25) is 14.9 Å². The molecule has 1 fully saturated rings. The Morgan fingerprint density at radius 2 is 2.00 bits per heavy atom. The van der Waals surface area contributed by atoms with E-state index in [0.29, 0.717) is 24.6 Å². The van der Waals surface area contributed by atoms with Gasteiger partial charge in [-0.2, -0.15) is 0 Å². The van der Waals surface area contributed by atoms with E-state index in [4.69, 9.17) is 19.2 Å². The highest BCUT2D eigenvalue weighted by atomic mass is 16.6. The Labute approximate surface area is 230 Å². The molecule has 0 bridgehead atoms. The summed E-state index contributed by atoms with van der Waals surface area (Å²) in [4.78, 5) is 32.8. The fourth-order valence-corrected chi connectivity index (χ4v) is 5.10. The minimum absolute atomic E-state index is 0.0947. The largest absolute Gasteiger partial charge is 0.459 e. The average molecular weight is 539 g/mol. The average Bonchev–Trinajstić information content (AvgIpc) is 3.23. The number of aromatic amines is 1. The topological polar surface area (TPSA) is 107 Å². The summed E-state index contributed by atoms with van der Waals surface area (Å²) < 4.78 is 18.6. The molecule has 2 N–H and O–H groups in total. The van der Waals surface area contributed by atoms with E-state index in [1.165, 1.54) is 0 Å². The molecule has 0 aliphatic carbocycles. The van der Waals surface area contributed by atoms with Crippen LogP contribution in [-0.4, -0.2) is 59.6 Å². The first-order chi connectivity index (χ1) is 18.6. The van der Waals surface area contributed by atoms with E-state index in [-0.39, 0.29) is 23.0 Å². The van der Waals surface area contributed by atoms with Crippen LogP contribution in [0.3, 0.4) is 0 Å². The molecule has 1 unspecified atom stereocenters. The van der Waals surface area contributed by atoms with E-state index < -0.39 is 6.04 Å². The van der Waals surface area contributed by atoms with Gasteiger partial charge in [0, 0.05) is 50.7 Å².